The molecule has 17 heavy (non-hydrogen) atoms. The summed E-state index contributed by atoms with van der Waals surface area (Å²) in [6.07, 6.45) is 6.05. The minimum atomic E-state index is 0.238. The van der Waals surface area contributed by atoms with Crippen molar-refractivity contribution in [3.05, 3.63) is 35.4 Å². The Balaban J connectivity index is 1.90. The zero-order valence-corrected chi connectivity index (χ0v) is 10.7. The first kappa shape index (κ1) is 12.6. The summed E-state index contributed by atoms with van der Waals surface area (Å²) in [6.45, 7) is 0.874. The second-order valence-corrected chi connectivity index (χ2v) is 5.01. The predicted molar refractivity (Wildman–Crippen MR) is 70.9 cm³/mol. The van der Waals surface area contributed by atoms with Crippen LogP contribution in [0.25, 0.3) is 0 Å². The van der Waals surface area contributed by atoms with Gasteiger partial charge in [-0.1, -0.05) is 30.7 Å². The summed E-state index contributed by atoms with van der Waals surface area (Å²) in [7, 11) is 1.77. The molecular weight excluding hydrogens is 210 g/mol. The van der Waals surface area contributed by atoms with Gasteiger partial charge in [0.05, 0.1) is 0 Å². The zero-order chi connectivity index (χ0) is 12.1. The van der Waals surface area contributed by atoms with Crippen LogP contribution in [0.4, 0.5) is 0 Å². The maximum atomic E-state index is 6.37. The van der Waals surface area contributed by atoms with E-state index in [-0.39, 0.29) is 6.04 Å². The molecule has 2 atom stereocenters. The second-order valence-electron chi connectivity index (χ2n) is 5.01. The molecule has 2 rings (SSSR count). The molecule has 2 heteroatoms. The number of unbranched alkanes of at least 4 members (excludes halogenated alkanes) is 1. The topological polar surface area (TPSA) is 35.2 Å². The summed E-state index contributed by atoms with van der Waals surface area (Å²) in [5.41, 5.74) is 9.20. The van der Waals surface area contributed by atoms with E-state index in [1.807, 2.05) is 0 Å². The molecule has 0 radical (unpaired) electrons. The van der Waals surface area contributed by atoms with Crippen molar-refractivity contribution in [2.45, 2.75) is 38.1 Å². The standard InChI is InChI=1S/C15H23NO/c1-17-11-5-4-7-13-10-9-12-6-2-3-8-14(12)15(13)16/h2-3,6,8,13,15H,4-5,7,9-11,16H2,1H3. The monoisotopic (exact) mass is 233 g/mol. The minimum Gasteiger partial charge on any atom is -0.385 e. The molecule has 1 aromatic rings. The molecule has 0 amide bonds. The van der Waals surface area contributed by atoms with Crippen LogP contribution in [0.15, 0.2) is 24.3 Å². The molecule has 0 heterocycles. The molecule has 94 valence electrons. The molecular formula is C15H23NO. The summed E-state index contributed by atoms with van der Waals surface area (Å²) >= 11 is 0. The highest BCUT2D eigenvalue weighted by Crippen LogP contribution is 2.35. The molecule has 0 aromatic heterocycles. The van der Waals surface area contributed by atoms with E-state index in [1.165, 1.54) is 36.8 Å². The Hall–Kier alpha value is -0.860. The first-order chi connectivity index (χ1) is 8.33. The van der Waals surface area contributed by atoms with Crippen molar-refractivity contribution in [2.75, 3.05) is 13.7 Å². The molecule has 1 aliphatic carbocycles. The SMILES string of the molecule is COCCCCC1CCc2ccccc2C1N. The molecule has 0 fully saturated rings. The molecule has 0 bridgehead atoms. The van der Waals surface area contributed by atoms with Crippen molar-refractivity contribution < 1.29 is 4.74 Å². The Kier molecular flexibility index (Phi) is 4.57. The third-order valence-corrected chi connectivity index (χ3v) is 3.88. The summed E-state index contributed by atoms with van der Waals surface area (Å²) in [5, 5.41) is 0. The van der Waals surface area contributed by atoms with E-state index in [2.05, 4.69) is 24.3 Å². The van der Waals surface area contributed by atoms with Gasteiger partial charge < -0.3 is 10.5 Å². The fraction of sp³-hybridized carbons (Fsp3) is 0.600. The molecule has 0 aliphatic heterocycles. The van der Waals surface area contributed by atoms with Crippen molar-refractivity contribution in [3.8, 4) is 0 Å². The lowest BCUT2D eigenvalue weighted by Gasteiger charge is -2.31. The summed E-state index contributed by atoms with van der Waals surface area (Å²) in [4.78, 5) is 0. The van der Waals surface area contributed by atoms with Gasteiger partial charge in [-0.15, -0.1) is 0 Å². The molecule has 1 aromatic carbocycles. The number of hydrogen-bond acceptors (Lipinski definition) is 2. The molecule has 1 aliphatic rings. The van der Waals surface area contributed by atoms with E-state index < -0.39 is 0 Å². The highest BCUT2D eigenvalue weighted by atomic mass is 16.5. The summed E-state index contributed by atoms with van der Waals surface area (Å²) < 4.78 is 5.08. The van der Waals surface area contributed by atoms with Crippen LogP contribution in [0.2, 0.25) is 0 Å². The zero-order valence-electron chi connectivity index (χ0n) is 10.7. The average molecular weight is 233 g/mol. The summed E-state index contributed by atoms with van der Waals surface area (Å²) in [6, 6.07) is 8.87. The molecule has 0 spiro atoms. The molecule has 2 nitrogen and oxygen atoms in total. The quantitative estimate of drug-likeness (QED) is 0.793. The van der Waals surface area contributed by atoms with Gasteiger partial charge in [-0.25, -0.2) is 0 Å². The van der Waals surface area contributed by atoms with Crippen LogP contribution < -0.4 is 5.73 Å². The van der Waals surface area contributed by atoms with Crippen molar-refractivity contribution >= 4 is 0 Å². The van der Waals surface area contributed by atoms with Crippen LogP contribution in [-0.4, -0.2) is 13.7 Å². The van der Waals surface area contributed by atoms with Gasteiger partial charge in [-0.05, 0) is 42.7 Å². The van der Waals surface area contributed by atoms with Crippen molar-refractivity contribution in [1.82, 2.24) is 0 Å². The van der Waals surface area contributed by atoms with Gasteiger partial charge in [-0.3, -0.25) is 0 Å². The fourth-order valence-corrected chi connectivity index (χ4v) is 2.84. The van der Waals surface area contributed by atoms with Crippen LogP contribution in [0.3, 0.4) is 0 Å². The van der Waals surface area contributed by atoms with E-state index in [1.54, 1.807) is 7.11 Å². The third kappa shape index (κ3) is 3.08. The number of nitrogens with two attached hydrogens (primary N) is 1. The Morgan fingerprint density at radius 2 is 2.12 bits per heavy atom. The molecule has 0 saturated heterocycles. The van der Waals surface area contributed by atoms with Crippen LogP contribution in [0, 0.1) is 5.92 Å². The van der Waals surface area contributed by atoms with E-state index >= 15 is 0 Å². The Bertz CT molecular complexity index is 351. The number of ether oxygens (including phenoxy) is 1. The maximum absolute atomic E-state index is 6.37. The van der Waals surface area contributed by atoms with Crippen molar-refractivity contribution in [2.24, 2.45) is 11.7 Å². The van der Waals surface area contributed by atoms with Gasteiger partial charge in [0.25, 0.3) is 0 Å². The number of methoxy groups -OCH3 is 1. The minimum absolute atomic E-state index is 0.238. The van der Waals surface area contributed by atoms with E-state index in [0.29, 0.717) is 5.92 Å². The lowest BCUT2D eigenvalue weighted by molar-refractivity contribution is 0.188. The number of hydrogen-bond donors (Lipinski definition) is 1. The first-order valence-corrected chi connectivity index (χ1v) is 6.65. The lowest BCUT2D eigenvalue weighted by Crippen LogP contribution is -2.27. The van der Waals surface area contributed by atoms with E-state index in [0.717, 1.165) is 13.0 Å². The summed E-state index contributed by atoms with van der Waals surface area (Å²) in [5.74, 6) is 0.654. The van der Waals surface area contributed by atoms with Gasteiger partial charge >= 0.3 is 0 Å². The van der Waals surface area contributed by atoms with Gasteiger partial charge in [0.2, 0.25) is 0 Å². The second kappa shape index (κ2) is 6.18. The van der Waals surface area contributed by atoms with Crippen LogP contribution in [0.1, 0.15) is 42.9 Å². The molecule has 0 saturated carbocycles. The van der Waals surface area contributed by atoms with Gasteiger partial charge in [-0.2, -0.15) is 0 Å². The fourth-order valence-electron chi connectivity index (χ4n) is 2.84. The highest BCUT2D eigenvalue weighted by molar-refractivity contribution is 5.32. The molecule has 2 N–H and O–H groups in total. The van der Waals surface area contributed by atoms with Crippen molar-refractivity contribution in [3.63, 3.8) is 0 Å². The number of benzene rings is 1. The number of rotatable bonds is 5. The van der Waals surface area contributed by atoms with E-state index in [9.17, 15) is 0 Å². The normalized spacial score (nSPS) is 23.4. The average Bonchev–Trinajstić information content (AvgIpc) is 2.37. The van der Waals surface area contributed by atoms with Gasteiger partial charge in [0.1, 0.15) is 0 Å². The number of aryl methyl sites for hydroxylation is 1. The Morgan fingerprint density at radius 3 is 2.94 bits per heavy atom. The highest BCUT2D eigenvalue weighted by Gasteiger charge is 2.25. The first-order valence-electron chi connectivity index (χ1n) is 6.65. The van der Waals surface area contributed by atoms with Crippen LogP contribution in [-0.2, 0) is 11.2 Å². The Morgan fingerprint density at radius 1 is 1.29 bits per heavy atom. The Labute approximate surface area is 104 Å². The molecule has 2 unspecified atom stereocenters. The van der Waals surface area contributed by atoms with Gasteiger partial charge in [0.15, 0.2) is 0 Å². The largest absolute Gasteiger partial charge is 0.385 e. The number of fused-ring (bicyclic) bond motifs is 1. The van der Waals surface area contributed by atoms with E-state index in [4.69, 9.17) is 10.5 Å². The third-order valence-electron chi connectivity index (χ3n) is 3.88. The van der Waals surface area contributed by atoms with Crippen LogP contribution in [0.5, 0.6) is 0 Å². The maximum Gasteiger partial charge on any atom is 0.0462 e. The van der Waals surface area contributed by atoms with Crippen LogP contribution >= 0.6 is 0 Å². The van der Waals surface area contributed by atoms with Crippen molar-refractivity contribution in [1.29, 1.82) is 0 Å². The lowest BCUT2D eigenvalue weighted by atomic mass is 9.78. The smallest absolute Gasteiger partial charge is 0.0462 e. The van der Waals surface area contributed by atoms with Gasteiger partial charge in [0, 0.05) is 19.8 Å². The predicted octanol–water partition coefficient (Wildman–Crippen LogP) is 3.07.